The third-order valence-corrected chi connectivity index (χ3v) is 2.91. The SMILES string of the molecule is CNC(=O)c1cc(C2CCNCC2)ncn1. The van der Waals surface area contributed by atoms with Crippen molar-refractivity contribution in [2.24, 2.45) is 0 Å². The van der Waals surface area contributed by atoms with Crippen molar-refractivity contribution in [2.45, 2.75) is 18.8 Å². The monoisotopic (exact) mass is 220 g/mol. The van der Waals surface area contributed by atoms with Gasteiger partial charge in [0.25, 0.3) is 5.91 Å². The second-order valence-electron chi connectivity index (χ2n) is 3.93. The van der Waals surface area contributed by atoms with E-state index in [1.54, 1.807) is 13.1 Å². The summed E-state index contributed by atoms with van der Waals surface area (Å²) in [6, 6.07) is 1.80. The largest absolute Gasteiger partial charge is 0.354 e. The van der Waals surface area contributed by atoms with E-state index in [1.807, 2.05) is 0 Å². The molecule has 0 spiro atoms. The summed E-state index contributed by atoms with van der Waals surface area (Å²) in [6.07, 6.45) is 3.62. The standard InChI is InChI=1S/C11H16N4O/c1-12-11(16)10-6-9(14-7-15-10)8-2-4-13-5-3-8/h6-8,13H,2-5H2,1H3,(H,12,16). The van der Waals surface area contributed by atoms with E-state index < -0.39 is 0 Å². The second kappa shape index (κ2) is 5.03. The highest BCUT2D eigenvalue weighted by Crippen LogP contribution is 2.23. The van der Waals surface area contributed by atoms with Crippen LogP contribution in [0.15, 0.2) is 12.4 Å². The first-order valence-corrected chi connectivity index (χ1v) is 5.56. The molecule has 0 aliphatic carbocycles. The molecule has 16 heavy (non-hydrogen) atoms. The molecule has 0 bridgehead atoms. The topological polar surface area (TPSA) is 66.9 Å². The van der Waals surface area contributed by atoms with E-state index >= 15 is 0 Å². The van der Waals surface area contributed by atoms with E-state index in [0.29, 0.717) is 11.6 Å². The highest BCUT2D eigenvalue weighted by molar-refractivity contribution is 5.91. The molecule has 5 nitrogen and oxygen atoms in total. The van der Waals surface area contributed by atoms with E-state index in [9.17, 15) is 4.79 Å². The van der Waals surface area contributed by atoms with Crippen LogP contribution in [0.25, 0.3) is 0 Å². The first-order valence-electron chi connectivity index (χ1n) is 5.56. The summed E-state index contributed by atoms with van der Waals surface area (Å²) in [6.45, 7) is 2.04. The van der Waals surface area contributed by atoms with Crippen LogP contribution in [-0.2, 0) is 0 Å². The van der Waals surface area contributed by atoms with Crippen LogP contribution in [0.2, 0.25) is 0 Å². The Labute approximate surface area is 94.7 Å². The molecular weight excluding hydrogens is 204 g/mol. The molecule has 0 radical (unpaired) electrons. The number of carbonyl (C=O) groups is 1. The maximum absolute atomic E-state index is 11.4. The van der Waals surface area contributed by atoms with Crippen LogP contribution in [-0.4, -0.2) is 36.0 Å². The van der Waals surface area contributed by atoms with Crippen molar-refractivity contribution in [2.75, 3.05) is 20.1 Å². The van der Waals surface area contributed by atoms with E-state index in [1.165, 1.54) is 6.33 Å². The van der Waals surface area contributed by atoms with Crippen molar-refractivity contribution in [1.29, 1.82) is 0 Å². The van der Waals surface area contributed by atoms with Crippen LogP contribution in [0.3, 0.4) is 0 Å². The zero-order chi connectivity index (χ0) is 11.4. The van der Waals surface area contributed by atoms with Crippen LogP contribution in [0.5, 0.6) is 0 Å². The Bertz CT molecular complexity index is 374. The number of rotatable bonds is 2. The Balaban J connectivity index is 2.17. The third kappa shape index (κ3) is 2.36. The van der Waals surface area contributed by atoms with E-state index in [-0.39, 0.29) is 5.91 Å². The molecule has 2 heterocycles. The van der Waals surface area contributed by atoms with Gasteiger partial charge in [0, 0.05) is 18.7 Å². The summed E-state index contributed by atoms with van der Waals surface area (Å²) in [7, 11) is 1.61. The lowest BCUT2D eigenvalue weighted by molar-refractivity contribution is 0.0958. The van der Waals surface area contributed by atoms with E-state index in [2.05, 4.69) is 20.6 Å². The number of hydrogen-bond acceptors (Lipinski definition) is 4. The minimum Gasteiger partial charge on any atom is -0.354 e. The first kappa shape index (κ1) is 11.0. The second-order valence-corrected chi connectivity index (χ2v) is 3.93. The van der Waals surface area contributed by atoms with Crippen LogP contribution < -0.4 is 10.6 Å². The third-order valence-electron chi connectivity index (χ3n) is 2.91. The molecule has 1 aromatic heterocycles. The molecule has 0 aromatic carbocycles. The summed E-state index contributed by atoms with van der Waals surface area (Å²) in [4.78, 5) is 19.7. The van der Waals surface area contributed by atoms with Gasteiger partial charge in [-0.05, 0) is 32.0 Å². The molecule has 1 saturated heterocycles. The van der Waals surface area contributed by atoms with Gasteiger partial charge in [0.2, 0.25) is 0 Å². The Kier molecular flexibility index (Phi) is 3.46. The van der Waals surface area contributed by atoms with E-state index in [0.717, 1.165) is 31.6 Å². The summed E-state index contributed by atoms with van der Waals surface area (Å²) in [5.41, 5.74) is 1.43. The van der Waals surface area contributed by atoms with Crippen LogP contribution in [0.4, 0.5) is 0 Å². The van der Waals surface area contributed by atoms with Crippen LogP contribution >= 0.6 is 0 Å². The number of nitrogens with zero attached hydrogens (tertiary/aromatic N) is 2. The molecule has 2 rings (SSSR count). The number of amides is 1. The molecule has 1 aliphatic rings. The lowest BCUT2D eigenvalue weighted by atomic mass is 9.94. The number of carbonyl (C=O) groups excluding carboxylic acids is 1. The van der Waals surface area contributed by atoms with Crippen molar-refractivity contribution >= 4 is 5.91 Å². The maximum Gasteiger partial charge on any atom is 0.269 e. The fourth-order valence-corrected chi connectivity index (χ4v) is 1.97. The van der Waals surface area contributed by atoms with Gasteiger partial charge in [-0.3, -0.25) is 4.79 Å². The Morgan fingerprint density at radius 1 is 1.44 bits per heavy atom. The van der Waals surface area contributed by atoms with Crippen LogP contribution in [0.1, 0.15) is 34.9 Å². The fraction of sp³-hybridized carbons (Fsp3) is 0.545. The predicted octanol–water partition coefficient (Wildman–Crippen LogP) is 0.303. The number of piperidine rings is 1. The van der Waals surface area contributed by atoms with Crippen molar-refractivity contribution < 1.29 is 4.79 Å². The number of aromatic nitrogens is 2. The van der Waals surface area contributed by atoms with Gasteiger partial charge < -0.3 is 10.6 Å². The predicted molar refractivity (Wildman–Crippen MR) is 60.3 cm³/mol. The van der Waals surface area contributed by atoms with Crippen molar-refractivity contribution in [3.8, 4) is 0 Å². The average Bonchev–Trinajstić information content (AvgIpc) is 2.39. The summed E-state index contributed by atoms with van der Waals surface area (Å²) in [5.74, 6) is 0.297. The van der Waals surface area contributed by atoms with Gasteiger partial charge in [0.15, 0.2) is 0 Å². The zero-order valence-corrected chi connectivity index (χ0v) is 9.36. The fourth-order valence-electron chi connectivity index (χ4n) is 1.97. The molecule has 0 saturated carbocycles. The van der Waals surface area contributed by atoms with Crippen molar-refractivity contribution in [3.63, 3.8) is 0 Å². The van der Waals surface area contributed by atoms with Gasteiger partial charge >= 0.3 is 0 Å². The number of nitrogens with one attached hydrogen (secondary N) is 2. The van der Waals surface area contributed by atoms with Crippen LogP contribution in [0, 0.1) is 0 Å². The van der Waals surface area contributed by atoms with Crippen molar-refractivity contribution in [1.82, 2.24) is 20.6 Å². The average molecular weight is 220 g/mol. The summed E-state index contributed by atoms with van der Waals surface area (Å²) in [5, 5.41) is 5.88. The quantitative estimate of drug-likeness (QED) is 0.752. The highest BCUT2D eigenvalue weighted by atomic mass is 16.1. The van der Waals surface area contributed by atoms with Gasteiger partial charge in [0.1, 0.15) is 12.0 Å². The van der Waals surface area contributed by atoms with Gasteiger partial charge in [-0.2, -0.15) is 0 Å². The zero-order valence-electron chi connectivity index (χ0n) is 9.36. The minimum atomic E-state index is -0.155. The molecule has 0 unspecified atom stereocenters. The molecule has 1 aliphatic heterocycles. The molecule has 5 heteroatoms. The summed E-state index contributed by atoms with van der Waals surface area (Å²) < 4.78 is 0. The first-order chi connectivity index (χ1) is 7.81. The van der Waals surface area contributed by atoms with Gasteiger partial charge in [-0.15, -0.1) is 0 Å². The smallest absolute Gasteiger partial charge is 0.269 e. The van der Waals surface area contributed by atoms with Gasteiger partial charge in [-0.1, -0.05) is 0 Å². The molecule has 0 atom stereocenters. The minimum absolute atomic E-state index is 0.155. The summed E-state index contributed by atoms with van der Waals surface area (Å²) >= 11 is 0. The van der Waals surface area contributed by atoms with Gasteiger partial charge in [-0.25, -0.2) is 9.97 Å². The van der Waals surface area contributed by atoms with Gasteiger partial charge in [0.05, 0.1) is 0 Å². The molecule has 1 amide bonds. The highest BCUT2D eigenvalue weighted by Gasteiger charge is 2.17. The Hall–Kier alpha value is -1.49. The lowest BCUT2D eigenvalue weighted by Crippen LogP contribution is -2.27. The van der Waals surface area contributed by atoms with Crippen molar-refractivity contribution in [3.05, 3.63) is 23.8 Å². The normalized spacial score (nSPS) is 17.1. The Morgan fingerprint density at radius 2 is 2.19 bits per heavy atom. The molecule has 1 fully saturated rings. The maximum atomic E-state index is 11.4. The van der Waals surface area contributed by atoms with E-state index in [4.69, 9.17) is 0 Å². The molecule has 86 valence electrons. The molecule has 1 aromatic rings. The number of hydrogen-bond donors (Lipinski definition) is 2. The molecular formula is C11H16N4O. The Morgan fingerprint density at radius 3 is 2.88 bits per heavy atom. The lowest BCUT2D eigenvalue weighted by Gasteiger charge is -2.21. The molecule has 2 N–H and O–H groups in total.